The van der Waals surface area contributed by atoms with E-state index < -0.39 is 4.92 Å². The van der Waals surface area contributed by atoms with E-state index in [0.717, 1.165) is 0 Å². The molecule has 1 aromatic carbocycles. The van der Waals surface area contributed by atoms with Crippen LogP contribution in [-0.4, -0.2) is 19.9 Å². The van der Waals surface area contributed by atoms with Crippen molar-refractivity contribution in [3.8, 4) is 11.8 Å². The average Bonchev–Trinajstić information content (AvgIpc) is 2.26. The Morgan fingerprint density at radius 1 is 1.21 bits per heavy atom. The number of hydrogen-bond donors (Lipinski definition) is 0. The zero-order valence-electron chi connectivity index (χ0n) is 9.50. The third kappa shape index (κ3) is 3.07. The van der Waals surface area contributed by atoms with E-state index in [1.807, 2.05) is 0 Å². The lowest BCUT2D eigenvalue weighted by Gasteiger charge is -2.06. The van der Waals surface area contributed by atoms with Crippen molar-refractivity contribution >= 4 is 28.9 Å². The van der Waals surface area contributed by atoms with E-state index in [1.165, 1.54) is 6.07 Å². The van der Waals surface area contributed by atoms with E-state index >= 15 is 0 Å². The van der Waals surface area contributed by atoms with Crippen LogP contribution in [0.3, 0.4) is 0 Å². The summed E-state index contributed by atoms with van der Waals surface area (Å²) in [5.41, 5.74) is 0.281. The van der Waals surface area contributed by atoms with Gasteiger partial charge < -0.3 is 4.74 Å². The van der Waals surface area contributed by atoms with Gasteiger partial charge in [0, 0.05) is 5.56 Å². The molecule has 2 rings (SSSR count). The zero-order valence-corrected chi connectivity index (χ0v) is 11.0. The molecule has 0 amide bonds. The lowest BCUT2D eigenvalue weighted by Crippen LogP contribution is -1.99. The number of ether oxygens (including phenoxy) is 1. The van der Waals surface area contributed by atoms with Gasteiger partial charge in [-0.25, -0.2) is 0 Å². The normalized spacial score (nSPS) is 10.3. The number of nitro benzene ring substituents is 1. The Kier molecular flexibility index (Phi) is 3.77. The Balaban J connectivity index is 2.43. The van der Waals surface area contributed by atoms with Gasteiger partial charge in [0.2, 0.25) is 16.3 Å². The van der Waals surface area contributed by atoms with Crippen molar-refractivity contribution in [3.63, 3.8) is 0 Å². The van der Waals surface area contributed by atoms with Crippen molar-refractivity contribution in [2.75, 3.05) is 0 Å². The van der Waals surface area contributed by atoms with Crippen LogP contribution in [0, 0.1) is 17.0 Å². The fraction of sp³-hybridized carbons (Fsp3) is 0.100. The van der Waals surface area contributed by atoms with Crippen LogP contribution < -0.4 is 4.74 Å². The predicted octanol–water partition coefficient (Wildman–Crippen LogP) is 3.19. The second kappa shape index (κ2) is 5.33. The number of nitro groups is 1. The van der Waals surface area contributed by atoms with E-state index in [0.29, 0.717) is 5.56 Å². The predicted molar refractivity (Wildman–Crippen MR) is 67.8 cm³/mol. The van der Waals surface area contributed by atoms with Gasteiger partial charge in [-0.15, -0.1) is 0 Å². The first-order valence-corrected chi connectivity index (χ1v) is 5.72. The highest BCUT2D eigenvalue weighted by Gasteiger charge is 2.20. The van der Waals surface area contributed by atoms with Crippen LogP contribution >= 0.6 is 23.2 Å². The van der Waals surface area contributed by atoms with E-state index in [-0.39, 0.29) is 28.0 Å². The van der Waals surface area contributed by atoms with Crippen molar-refractivity contribution in [1.29, 1.82) is 0 Å². The molecule has 0 bridgehead atoms. The topological polar surface area (TPSA) is 91.0 Å². The number of nitrogens with zero attached hydrogens (tertiary/aromatic N) is 4. The minimum absolute atomic E-state index is 0.00309. The maximum Gasteiger partial charge on any atom is 0.327 e. The molecule has 2 aromatic rings. The second-order valence-corrected chi connectivity index (χ2v) is 4.11. The summed E-state index contributed by atoms with van der Waals surface area (Å²) in [6.07, 6.45) is 0. The van der Waals surface area contributed by atoms with Crippen LogP contribution in [0.2, 0.25) is 10.6 Å². The lowest BCUT2D eigenvalue weighted by atomic mass is 10.2. The standard InChI is InChI=1S/C10H6Cl2N4O3/c1-5-3-2-4-6(7(5)16(17)18)19-10-14-8(11)13-9(12)15-10/h2-4H,1H3. The third-order valence-corrected chi connectivity index (χ3v) is 2.48. The van der Waals surface area contributed by atoms with Crippen LogP contribution in [0.5, 0.6) is 11.8 Å². The van der Waals surface area contributed by atoms with Gasteiger partial charge in [0.15, 0.2) is 0 Å². The molecular formula is C10H6Cl2N4O3. The summed E-state index contributed by atoms with van der Waals surface area (Å²) in [6, 6.07) is 4.43. The summed E-state index contributed by atoms with van der Waals surface area (Å²) < 4.78 is 5.24. The van der Waals surface area contributed by atoms with E-state index in [4.69, 9.17) is 27.9 Å². The molecule has 0 saturated heterocycles. The number of aromatic nitrogens is 3. The first-order valence-electron chi connectivity index (χ1n) is 4.96. The third-order valence-electron chi connectivity index (χ3n) is 2.14. The van der Waals surface area contributed by atoms with Crippen LogP contribution in [-0.2, 0) is 0 Å². The van der Waals surface area contributed by atoms with Gasteiger partial charge in [-0.05, 0) is 36.2 Å². The highest BCUT2D eigenvalue weighted by Crippen LogP contribution is 2.32. The first-order chi connectivity index (χ1) is 8.97. The fourth-order valence-electron chi connectivity index (χ4n) is 1.40. The second-order valence-electron chi connectivity index (χ2n) is 3.44. The Morgan fingerprint density at radius 3 is 2.42 bits per heavy atom. The number of halogens is 2. The average molecular weight is 301 g/mol. The summed E-state index contributed by atoms with van der Waals surface area (Å²) in [4.78, 5) is 21.3. The van der Waals surface area contributed by atoms with Crippen LogP contribution in [0.15, 0.2) is 18.2 Å². The Labute approximate surface area is 117 Å². The number of rotatable bonds is 3. The highest BCUT2D eigenvalue weighted by atomic mass is 35.5. The van der Waals surface area contributed by atoms with Gasteiger partial charge in [-0.1, -0.05) is 12.1 Å². The number of aryl methyl sites for hydroxylation is 1. The Morgan fingerprint density at radius 2 is 1.84 bits per heavy atom. The molecule has 0 radical (unpaired) electrons. The monoisotopic (exact) mass is 300 g/mol. The van der Waals surface area contributed by atoms with Gasteiger partial charge in [-0.2, -0.15) is 15.0 Å². The van der Waals surface area contributed by atoms with E-state index in [9.17, 15) is 10.1 Å². The SMILES string of the molecule is Cc1cccc(Oc2nc(Cl)nc(Cl)n2)c1[N+](=O)[O-]. The smallest absolute Gasteiger partial charge is 0.327 e. The largest absolute Gasteiger partial charge is 0.417 e. The van der Waals surface area contributed by atoms with Gasteiger partial charge >= 0.3 is 11.7 Å². The zero-order chi connectivity index (χ0) is 14.0. The van der Waals surface area contributed by atoms with Gasteiger partial charge in [0.05, 0.1) is 4.92 Å². The maximum atomic E-state index is 11.0. The Hall–Kier alpha value is -1.99. The molecule has 19 heavy (non-hydrogen) atoms. The number of hydrogen-bond acceptors (Lipinski definition) is 6. The quantitative estimate of drug-likeness (QED) is 0.638. The highest BCUT2D eigenvalue weighted by molar-refractivity contribution is 6.31. The first kappa shape index (κ1) is 13.4. The van der Waals surface area contributed by atoms with Crippen molar-refractivity contribution in [2.24, 2.45) is 0 Å². The molecule has 0 spiro atoms. The van der Waals surface area contributed by atoms with E-state index in [1.54, 1.807) is 19.1 Å². The van der Waals surface area contributed by atoms with E-state index in [2.05, 4.69) is 15.0 Å². The number of para-hydroxylation sites is 1. The molecule has 0 N–H and O–H groups in total. The van der Waals surface area contributed by atoms with Gasteiger partial charge in [-0.3, -0.25) is 10.1 Å². The van der Waals surface area contributed by atoms with Crippen molar-refractivity contribution in [2.45, 2.75) is 6.92 Å². The molecule has 0 fully saturated rings. The lowest BCUT2D eigenvalue weighted by molar-refractivity contribution is -0.386. The molecule has 0 unspecified atom stereocenters. The molecule has 0 aliphatic heterocycles. The molecule has 9 heteroatoms. The van der Waals surface area contributed by atoms with Crippen molar-refractivity contribution < 1.29 is 9.66 Å². The molecule has 0 saturated carbocycles. The van der Waals surface area contributed by atoms with Gasteiger partial charge in [0.1, 0.15) is 0 Å². The number of benzene rings is 1. The molecule has 0 aliphatic rings. The molecule has 7 nitrogen and oxygen atoms in total. The molecule has 0 aliphatic carbocycles. The summed E-state index contributed by atoms with van der Waals surface area (Å²) in [6.45, 7) is 1.60. The minimum atomic E-state index is -0.547. The summed E-state index contributed by atoms with van der Waals surface area (Å²) in [7, 11) is 0. The summed E-state index contributed by atoms with van der Waals surface area (Å²) in [5.74, 6) is 0.00309. The molecule has 98 valence electrons. The fourth-order valence-corrected chi connectivity index (χ4v) is 1.75. The van der Waals surface area contributed by atoms with Crippen molar-refractivity contribution in [3.05, 3.63) is 44.4 Å². The Bertz CT molecular complexity index is 630. The summed E-state index contributed by atoms with van der Waals surface area (Å²) >= 11 is 11.2. The molecule has 0 atom stereocenters. The van der Waals surface area contributed by atoms with Crippen molar-refractivity contribution in [1.82, 2.24) is 15.0 Å². The minimum Gasteiger partial charge on any atom is -0.417 e. The maximum absolute atomic E-state index is 11.0. The molecule has 1 aromatic heterocycles. The van der Waals surface area contributed by atoms with Crippen LogP contribution in [0.1, 0.15) is 5.56 Å². The molecular weight excluding hydrogens is 295 g/mol. The van der Waals surface area contributed by atoms with Crippen LogP contribution in [0.25, 0.3) is 0 Å². The van der Waals surface area contributed by atoms with Gasteiger partial charge in [0.25, 0.3) is 0 Å². The van der Waals surface area contributed by atoms with Crippen LogP contribution in [0.4, 0.5) is 5.69 Å². The summed E-state index contributed by atoms with van der Waals surface area (Å²) in [5, 5.41) is 10.7. The molecule has 1 heterocycles.